The Bertz CT molecular complexity index is 623. The smallest absolute Gasteiger partial charge is 0.251 e. The molecule has 2 aromatic rings. The van der Waals surface area contributed by atoms with Gasteiger partial charge in [-0.25, -0.2) is 4.98 Å². The number of amides is 1. The van der Waals surface area contributed by atoms with Gasteiger partial charge in [-0.1, -0.05) is 23.7 Å². The second-order valence-corrected chi connectivity index (χ2v) is 5.00. The monoisotopic (exact) mass is 290 g/mol. The van der Waals surface area contributed by atoms with E-state index in [4.69, 9.17) is 11.6 Å². The molecule has 1 aromatic heterocycles. The van der Waals surface area contributed by atoms with Crippen molar-refractivity contribution in [3.8, 4) is 5.75 Å². The van der Waals surface area contributed by atoms with E-state index < -0.39 is 0 Å². The zero-order chi connectivity index (χ0) is 14.7. The Morgan fingerprint density at radius 3 is 2.75 bits per heavy atom. The SMILES string of the molecule is Cc1cc(C(=O)N[C@H](C)c2cccc(O)c2)cc(Cl)n1. The van der Waals surface area contributed by atoms with E-state index >= 15 is 0 Å². The maximum absolute atomic E-state index is 12.2. The van der Waals surface area contributed by atoms with Crippen molar-refractivity contribution < 1.29 is 9.90 Å². The summed E-state index contributed by atoms with van der Waals surface area (Å²) in [4.78, 5) is 16.2. The van der Waals surface area contributed by atoms with Crippen LogP contribution in [0.3, 0.4) is 0 Å². The molecule has 20 heavy (non-hydrogen) atoms. The van der Waals surface area contributed by atoms with Crippen LogP contribution in [0.15, 0.2) is 36.4 Å². The van der Waals surface area contributed by atoms with Crippen molar-refractivity contribution >= 4 is 17.5 Å². The molecule has 1 atom stereocenters. The number of hydrogen-bond donors (Lipinski definition) is 2. The molecule has 0 radical (unpaired) electrons. The maximum Gasteiger partial charge on any atom is 0.251 e. The largest absolute Gasteiger partial charge is 0.508 e. The highest BCUT2D eigenvalue weighted by atomic mass is 35.5. The third kappa shape index (κ3) is 3.48. The van der Waals surface area contributed by atoms with Crippen molar-refractivity contribution in [2.45, 2.75) is 19.9 Å². The summed E-state index contributed by atoms with van der Waals surface area (Å²) in [5.41, 5.74) is 1.98. The first-order valence-electron chi connectivity index (χ1n) is 6.19. The summed E-state index contributed by atoms with van der Waals surface area (Å²) < 4.78 is 0. The van der Waals surface area contributed by atoms with Crippen LogP contribution in [0.4, 0.5) is 0 Å². The molecule has 2 N–H and O–H groups in total. The lowest BCUT2D eigenvalue weighted by molar-refractivity contribution is 0.0939. The summed E-state index contributed by atoms with van der Waals surface area (Å²) in [6.07, 6.45) is 0. The summed E-state index contributed by atoms with van der Waals surface area (Å²) >= 11 is 5.84. The van der Waals surface area contributed by atoms with Crippen LogP contribution in [0.2, 0.25) is 5.15 Å². The first kappa shape index (κ1) is 14.3. The molecule has 0 fully saturated rings. The maximum atomic E-state index is 12.2. The lowest BCUT2D eigenvalue weighted by Crippen LogP contribution is -2.26. The number of aromatic nitrogens is 1. The first-order valence-corrected chi connectivity index (χ1v) is 6.57. The third-order valence-corrected chi connectivity index (χ3v) is 3.10. The van der Waals surface area contributed by atoms with Crippen molar-refractivity contribution in [2.75, 3.05) is 0 Å². The summed E-state index contributed by atoms with van der Waals surface area (Å²) in [5.74, 6) is -0.0559. The number of nitrogens with zero attached hydrogens (tertiary/aromatic N) is 1. The molecule has 0 saturated heterocycles. The molecule has 0 unspecified atom stereocenters. The molecular weight excluding hydrogens is 276 g/mol. The number of phenolic OH excluding ortho intramolecular Hbond substituents is 1. The number of carbonyl (C=O) groups is 1. The molecule has 104 valence electrons. The number of benzene rings is 1. The van der Waals surface area contributed by atoms with E-state index in [0.29, 0.717) is 16.4 Å². The molecule has 0 aliphatic carbocycles. The van der Waals surface area contributed by atoms with Crippen LogP contribution < -0.4 is 5.32 Å². The van der Waals surface area contributed by atoms with Gasteiger partial charge in [0, 0.05) is 11.3 Å². The highest BCUT2D eigenvalue weighted by Gasteiger charge is 2.13. The fourth-order valence-corrected chi connectivity index (χ4v) is 2.17. The summed E-state index contributed by atoms with van der Waals surface area (Å²) in [6, 6.07) is 9.77. The van der Waals surface area contributed by atoms with Gasteiger partial charge < -0.3 is 10.4 Å². The lowest BCUT2D eigenvalue weighted by Gasteiger charge is -2.15. The quantitative estimate of drug-likeness (QED) is 0.853. The summed E-state index contributed by atoms with van der Waals surface area (Å²) in [6.45, 7) is 3.63. The number of phenols is 1. The van der Waals surface area contributed by atoms with Crippen LogP contribution in [0.5, 0.6) is 5.75 Å². The van der Waals surface area contributed by atoms with E-state index in [2.05, 4.69) is 10.3 Å². The van der Waals surface area contributed by atoms with E-state index in [9.17, 15) is 9.90 Å². The van der Waals surface area contributed by atoms with Crippen molar-refractivity contribution in [3.05, 3.63) is 58.4 Å². The van der Waals surface area contributed by atoms with Gasteiger partial charge in [0.25, 0.3) is 5.91 Å². The molecule has 0 aliphatic heterocycles. The van der Waals surface area contributed by atoms with Crippen LogP contribution in [-0.2, 0) is 0 Å². The number of hydrogen-bond acceptors (Lipinski definition) is 3. The average molecular weight is 291 g/mol. The normalized spacial score (nSPS) is 11.9. The van der Waals surface area contributed by atoms with Gasteiger partial charge in [-0.2, -0.15) is 0 Å². The fraction of sp³-hybridized carbons (Fsp3) is 0.200. The van der Waals surface area contributed by atoms with Crippen LogP contribution in [-0.4, -0.2) is 16.0 Å². The highest BCUT2D eigenvalue weighted by Crippen LogP contribution is 2.18. The minimum absolute atomic E-state index is 0.173. The van der Waals surface area contributed by atoms with Gasteiger partial charge in [0.1, 0.15) is 10.9 Å². The van der Waals surface area contributed by atoms with Gasteiger partial charge >= 0.3 is 0 Å². The van der Waals surface area contributed by atoms with E-state index in [1.165, 1.54) is 6.07 Å². The van der Waals surface area contributed by atoms with Gasteiger partial charge in [-0.05, 0) is 43.7 Å². The molecule has 5 heteroatoms. The number of nitrogens with one attached hydrogen (secondary N) is 1. The Hall–Kier alpha value is -2.07. The Morgan fingerprint density at radius 1 is 1.35 bits per heavy atom. The second-order valence-electron chi connectivity index (χ2n) is 4.61. The van der Waals surface area contributed by atoms with Crippen molar-refractivity contribution in [1.82, 2.24) is 10.3 Å². The van der Waals surface area contributed by atoms with E-state index in [1.807, 2.05) is 13.0 Å². The highest BCUT2D eigenvalue weighted by molar-refractivity contribution is 6.29. The average Bonchev–Trinajstić information content (AvgIpc) is 2.37. The number of aryl methyl sites for hydroxylation is 1. The molecule has 0 bridgehead atoms. The van der Waals surface area contributed by atoms with E-state index in [0.717, 1.165) is 5.56 Å². The van der Waals surface area contributed by atoms with Crippen LogP contribution in [0.1, 0.15) is 34.6 Å². The zero-order valence-electron chi connectivity index (χ0n) is 11.2. The van der Waals surface area contributed by atoms with Crippen LogP contribution in [0.25, 0.3) is 0 Å². The minimum Gasteiger partial charge on any atom is -0.508 e. The van der Waals surface area contributed by atoms with Gasteiger partial charge in [0.15, 0.2) is 0 Å². The Kier molecular flexibility index (Phi) is 4.25. The van der Waals surface area contributed by atoms with E-state index in [-0.39, 0.29) is 17.7 Å². The van der Waals surface area contributed by atoms with E-state index in [1.54, 1.807) is 31.2 Å². The molecule has 1 amide bonds. The van der Waals surface area contributed by atoms with Gasteiger partial charge in [0.05, 0.1) is 6.04 Å². The molecule has 0 saturated carbocycles. The van der Waals surface area contributed by atoms with Crippen molar-refractivity contribution in [2.24, 2.45) is 0 Å². The molecule has 0 aliphatic rings. The summed E-state index contributed by atoms with van der Waals surface area (Å²) in [5, 5.41) is 12.6. The Labute approximate surface area is 122 Å². The molecule has 2 rings (SSSR count). The molecule has 4 nitrogen and oxygen atoms in total. The number of rotatable bonds is 3. The topological polar surface area (TPSA) is 62.2 Å². The molecule has 1 aromatic carbocycles. The third-order valence-electron chi connectivity index (χ3n) is 2.90. The number of aromatic hydroxyl groups is 1. The van der Waals surface area contributed by atoms with Gasteiger partial charge in [0.2, 0.25) is 0 Å². The first-order chi connectivity index (χ1) is 9.45. The predicted molar refractivity (Wildman–Crippen MR) is 78.0 cm³/mol. The molecular formula is C15H15ClN2O2. The molecule has 0 spiro atoms. The van der Waals surface area contributed by atoms with Gasteiger partial charge in [-0.3, -0.25) is 4.79 Å². The molecule has 1 heterocycles. The van der Waals surface area contributed by atoms with Crippen molar-refractivity contribution in [3.63, 3.8) is 0 Å². The second kappa shape index (κ2) is 5.92. The standard InChI is InChI=1S/C15H15ClN2O2/c1-9-6-12(8-14(16)17-9)15(20)18-10(2)11-4-3-5-13(19)7-11/h3-8,10,19H,1-2H3,(H,18,20)/t10-/m1/s1. The number of pyridine rings is 1. The minimum atomic E-state index is -0.228. The fourth-order valence-electron chi connectivity index (χ4n) is 1.92. The zero-order valence-corrected chi connectivity index (χ0v) is 12.0. The Balaban J connectivity index is 2.15. The predicted octanol–water partition coefficient (Wildman–Crippen LogP) is 3.24. The summed E-state index contributed by atoms with van der Waals surface area (Å²) in [7, 11) is 0. The van der Waals surface area contributed by atoms with Crippen LogP contribution in [0, 0.1) is 6.92 Å². The van der Waals surface area contributed by atoms with Gasteiger partial charge in [-0.15, -0.1) is 0 Å². The lowest BCUT2D eigenvalue weighted by atomic mass is 10.1. The van der Waals surface area contributed by atoms with Crippen molar-refractivity contribution in [1.29, 1.82) is 0 Å². The van der Waals surface area contributed by atoms with Crippen LogP contribution >= 0.6 is 11.6 Å². The number of halogens is 1. The Morgan fingerprint density at radius 2 is 2.10 bits per heavy atom. The number of carbonyl (C=O) groups excluding carboxylic acids is 1.